The monoisotopic (exact) mass is 466 g/mol. The fraction of sp³-hybridized carbons (Fsp3) is 0.241. The minimum atomic E-state index is -0.346. The van der Waals surface area contributed by atoms with E-state index in [9.17, 15) is 9.59 Å². The summed E-state index contributed by atoms with van der Waals surface area (Å²) in [6, 6.07) is 25.1. The van der Waals surface area contributed by atoms with E-state index in [0.29, 0.717) is 17.0 Å². The molecule has 5 rings (SSSR count). The van der Waals surface area contributed by atoms with Crippen molar-refractivity contribution in [1.82, 2.24) is 4.90 Å². The van der Waals surface area contributed by atoms with Crippen molar-refractivity contribution in [3.8, 4) is 0 Å². The van der Waals surface area contributed by atoms with Crippen LogP contribution >= 0.6 is 0 Å². The molecular weight excluding hydrogens is 436 g/mol. The molecule has 3 aromatic carbocycles. The second-order valence-corrected chi connectivity index (χ2v) is 9.04. The van der Waals surface area contributed by atoms with Crippen molar-refractivity contribution in [2.45, 2.75) is 13.3 Å². The average molecular weight is 467 g/mol. The Bertz CT molecular complexity index is 1240. The number of nitrogens with one attached hydrogen (secondary N) is 1. The van der Waals surface area contributed by atoms with Crippen molar-refractivity contribution in [3.05, 3.63) is 95.7 Å². The zero-order valence-corrected chi connectivity index (χ0v) is 20.2. The van der Waals surface area contributed by atoms with Crippen LogP contribution in [-0.4, -0.2) is 49.9 Å². The number of likely N-dealkylation sites (N-methyl/N-ethyl adjacent to an activating group) is 1. The quantitative estimate of drug-likeness (QED) is 0.546. The summed E-state index contributed by atoms with van der Waals surface area (Å²) in [7, 11) is 2.14. The largest absolute Gasteiger partial charge is 0.369 e. The highest BCUT2D eigenvalue weighted by Gasteiger charge is 2.40. The maximum Gasteiger partial charge on any atom is 0.282 e. The second-order valence-electron chi connectivity index (χ2n) is 9.04. The summed E-state index contributed by atoms with van der Waals surface area (Å²) < 4.78 is 0. The normalized spacial score (nSPS) is 16.9. The van der Waals surface area contributed by atoms with Gasteiger partial charge in [0.25, 0.3) is 11.8 Å². The molecule has 3 aromatic rings. The summed E-state index contributed by atoms with van der Waals surface area (Å²) in [6.07, 6.45) is 0.895. The van der Waals surface area contributed by atoms with Crippen LogP contribution in [0.2, 0.25) is 0 Å². The van der Waals surface area contributed by atoms with Crippen molar-refractivity contribution >= 4 is 34.4 Å². The summed E-state index contributed by atoms with van der Waals surface area (Å²) in [5.74, 6) is -0.664. The average Bonchev–Trinajstić information content (AvgIpc) is 3.14. The molecule has 0 aromatic heterocycles. The molecule has 35 heavy (non-hydrogen) atoms. The molecule has 2 aliphatic heterocycles. The van der Waals surface area contributed by atoms with E-state index in [0.717, 1.165) is 55.1 Å². The molecule has 0 bridgehead atoms. The van der Waals surface area contributed by atoms with Crippen LogP contribution < -0.4 is 15.1 Å². The molecule has 2 heterocycles. The molecule has 1 saturated heterocycles. The maximum absolute atomic E-state index is 13.6. The van der Waals surface area contributed by atoms with Gasteiger partial charge in [-0.2, -0.15) is 0 Å². The van der Waals surface area contributed by atoms with Gasteiger partial charge in [-0.1, -0.05) is 49.4 Å². The number of carbonyl (C=O) groups excluding carboxylic acids is 2. The molecule has 6 nitrogen and oxygen atoms in total. The van der Waals surface area contributed by atoms with Crippen molar-refractivity contribution in [2.24, 2.45) is 0 Å². The van der Waals surface area contributed by atoms with Crippen LogP contribution in [0.4, 0.5) is 17.1 Å². The number of nitrogens with zero attached hydrogens (tertiary/aromatic N) is 3. The molecular formula is C29H30N4O2. The third kappa shape index (κ3) is 4.57. The number of aryl methyl sites for hydroxylation is 1. The van der Waals surface area contributed by atoms with Crippen molar-refractivity contribution < 1.29 is 9.59 Å². The van der Waals surface area contributed by atoms with Gasteiger partial charge in [-0.15, -0.1) is 0 Å². The van der Waals surface area contributed by atoms with Gasteiger partial charge in [-0.3, -0.25) is 9.59 Å². The Labute approximate surface area is 206 Å². The lowest BCUT2D eigenvalue weighted by Gasteiger charge is -2.34. The van der Waals surface area contributed by atoms with Gasteiger partial charge in [0, 0.05) is 37.6 Å². The summed E-state index contributed by atoms with van der Waals surface area (Å²) >= 11 is 0. The fourth-order valence-electron chi connectivity index (χ4n) is 4.60. The van der Waals surface area contributed by atoms with Crippen molar-refractivity contribution in [3.63, 3.8) is 0 Å². The van der Waals surface area contributed by atoms with Crippen molar-refractivity contribution in [2.75, 3.05) is 48.3 Å². The first-order chi connectivity index (χ1) is 17.0. The Morgan fingerprint density at radius 1 is 0.743 bits per heavy atom. The maximum atomic E-state index is 13.6. The van der Waals surface area contributed by atoms with E-state index in [4.69, 9.17) is 0 Å². The number of imide groups is 1. The minimum absolute atomic E-state index is 0.299. The number of benzene rings is 3. The summed E-state index contributed by atoms with van der Waals surface area (Å²) in [5.41, 5.74) is 5.07. The van der Waals surface area contributed by atoms with Crippen LogP contribution in [0.3, 0.4) is 0 Å². The summed E-state index contributed by atoms with van der Waals surface area (Å²) in [5, 5.41) is 3.27. The Kier molecular flexibility index (Phi) is 6.38. The lowest BCUT2D eigenvalue weighted by Crippen LogP contribution is -2.44. The van der Waals surface area contributed by atoms with Gasteiger partial charge in [-0.25, -0.2) is 4.90 Å². The first kappa shape index (κ1) is 22.9. The van der Waals surface area contributed by atoms with Gasteiger partial charge in [0.2, 0.25) is 0 Å². The van der Waals surface area contributed by atoms with Gasteiger partial charge in [0.1, 0.15) is 5.70 Å². The smallest absolute Gasteiger partial charge is 0.282 e. The number of hydrogen-bond donors (Lipinski definition) is 1. The van der Waals surface area contributed by atoms with Crippen LogP contribution in [0.5, 0.6) is 0 Å². The van der Waals surface area contributed by atoms with Gasteiger partial charge in [-0.05, 0) is 61.0 Å². The molecule has 0 unspecified atom stereocenters. The Morgan fingerprint density at radius 2 is 1.37 bits per heavy atom. The molecule has 178 valence electrons. The number of rotatable bonds is 6. The first-order valence-electron chi connectivity index (χ1n) is 12.1. The van der Waals surface area contributed by atoms with Crippen LogP contribution in [0.15, 0.2) is 84.6 Å². The number of hydrogen-bond acceptors (Lipinski definition) is 5. The fourth-order valence-corrected chi connectivity index (χ4v) is 4.60. The Morgan fingerprint density at radius 3 is 2.00 bits per heavy atom. The van der Waals surface area contributed by atoms with E-state index >= 15 is 0 Å². The lowest BCUT2D eigenvalue weighted by atomic mass is 10.0. The second kappa shape index (κ2) is 9.76. The first-order valence-corrected chi connectivity index (χ1v) is 12.1. The summed E-state index contributed by atoms with van der Waals surface area (Å²) in [4.78, 5) is 33.1. The van der Waals surface area contributed by atoms with E-state index in [1.807, 2.05) is 66.7 Å². The van der Waals surface area contributed by atoms with E-state index in [1.54, 1.807) is 0 Å². The zero-order valence-electron chi connectivity index (χ0n) is 20.2. The van der Waals surface area contributed by atoms with E-state index < -0.39 is 0 Å². The molecule has 0 spiro atoms. The van der Waals surface area contributed by atoms with E-state index in [1.165, 1.54) is 4.90 Å². The highest BCUT2D eigenvalue weighted by atomic mass is 16.2. The molecule has 2 aliphatic rings. The number of carbonyl (C=O) groups is 2. The summed E-state index contributed by atoms with van der Waals surface area (Å²) in [6.45, 7) is 6.14. The molecule has 6 heteroatoms. The van der Waals surface area contributed by atoms with E-state index in [-0.39, 0.29) is 11.8 Å². The molecule has 0 aliphatic carbocycles. The predicted molar refractivity (Wildman–Crippen MR) is 141 cm³/mol. The van der Waals surface area contributed by atoms with Crippen LogP contribution in [-0.2, 0) is 16.0 Å². The molecule has 0 saturated carbocycles. The topological polar surface area (TPSA) is 55.9 Å². The molecule has 0 radical (unpaired) electrons. The number of amides is 2. The minimum Gasteiger partial charge on any atom is -0.369 e. The van der Waals surface area contributed by atoms with Gasteiger partial charge in [0.15, 0.2) is 0 Å². The van der Waals surface area contributed by atoms with Crippen molar-refractivity contribution in [1.29, 1.82) is 0 Å². The predicted octanol–water partition coefficient (Wildman–Crippen LogP) is 4.40. The van der Waals surface area contributed by atoms with Crippen LogP contribution in [0.25, 0.3) is 5.57 Å². The third-order valence-corrected chi connectivity index (χ3v) is 6.75. The number of anilines is 3. The van der Waals surface area contributed by atoms with Crippen LogP contribution in [0.1, 0.15) is 18.1 Å². The molecule has 1 fully saturated rings. The SMILES string of the molecule is CCc1ccc(N2C(=O)C(Nc3ccc(N4CCN(C)CC4)cc3)=C(c3ccccc3)C2=O)cc1. The lowest BCUT2D eigenvalue weighted by molar-refractivity contribution is -0.120. The van der Waals surface area contributed by atoms with Gasteiger partial charge < -0.3 is 15.1 Å². The highest BCUT2D eigenvalue weighted by molar-refractivity contribution is 6.46. The van der Waals surface area contributed by atoms with Gasteiger partial charge in [0.05, 0.1) is 11.3 Å². The Hall–Kier alpha value is -3.90. The van der Waals surface area contributed by atoms with Crippen LogP contribution in [0, 0.1) is 0 Å². The standard InChI is InChI=1S/C29H30N4O2/c1-3-21-9-13-25(14-10-21)33-28(34)26(22-7-5-4-6-8-22)27(29(33)35)30-23-11-15-24(16-12-23)32-19-17-31(2)18-20-32/h4-16,30H,3,17-20H2,1-2H3. The molecule has 2 amide bonds. The number of piperazine rings is 1. The Balaban J connectivity index is 1.45. The van der Waals surface area contributed by atoms with Gasteiger partial charge >= 0.3 is 0 Å². The highest BCUT2D eigenvalue weighted by Crippen LogP contribution is 2.34. The molecule has 1 N–H and O–H groups in total. The third-order valence-electron chi connectivity index (χ3n) is 6.75. The zero-order chi connectivity index (χ0) is 24.4. The molecule has 0 atom stereocenters. The van der Waals surface area contributed by atoms with E-state index in [2.05, 4.69) is 41.2 Å².